The van der Waals surface area contributed by atoms with Gasteiger partial charge in [-0.3, -0.25) is 0 Å². The Kier molecular flexibility index (Phi) is 7.99. The summed E-state index contributed by atoms with van der Waals surface area (Å²) in [6.07, 6.45) is 3.53. The minimum atomic E-state index is -2.71. The third-order valence-electron chi connectivity index (χ3n) is 7.00. The van der Waals surface area contributed by atoms with Gasteiger partial charge < -0.3 is 14.3 Å². The Morgan fingerprint density at radius 3 is 2.09 bits per heavy atom. The van der Waals surface area contributed by atoms with Crippen LogP contribution in [0.25, 0.3) is 0 Å². The first kappa shape index (κ1) is 25.4. The minimum absolute atomic E-state index is 0.138. The van der Waals surface area contributed by atoms with Gasteiger partial charge in [0.15, 0.2) is 6.10 Å². The van der Waals surface area contributed by atoms with Gasteiger partial charge in [-0.15, -0.1) is 0 Å². The van der Waals surface area contributed by atoms with Crippen LogP contribution in [0.4, 0.5) is 0 Å². The third-order valence-corrected chi connectivity index (χ3v) is 12.0. The molecule has 0 bridgehead atoms. The van der Waals surface area contributed by atoms with Crippen LogP contribution in [0.2, 0.25) is 5.04 Å². The van der Waals surface area contributed by atoms with E-state index in [-0.39, 0.29) is 11.6 Å². The molecule has 0 saturated carbocycles. The molecule has 2 aromatic rings. The lowest BCUT2D eigenvalue weighted by Gasteiger charge is -2.45. The van der Waals surface area contributed by atoms with E-state index in [1.165, 1.54) is 10.4 Å². The minimum Gasteiger partial charge on any atom is -0.464 e. The predicted octanol–water partition coefficient (Wildman–Crippen LogP) is 4.60. The van der Waals surface area contributed by atoms with Crippen molar-refractivity contribution in [1.29, 1.82) is 0 Å². The number of rotatable bonds is 8. The van der Waals surface area contributed by atoms with Crippen molar-refractivity contribution in [2.45, 2.75) is 65.0 Å². The van der Waals surface area contributed by atoms with Gasteiger partial charge >= 0.3 is 5.97 Å². The summed E-state index contributed by atoms with van der Waals surface area (Å²) in [5, 5.41) is 13.3. The molecule has 1 aliphatic rings. The first-order valence-corrected chi connectivity index (χ1v) is 13.9. The van der Waals surface area contributed by atoms with E-state index in [0.29, 0.717) is 6.61 Å². The molecule has 4 nitrogen and oxygen atoms in total. The van der Waals surface area contributed by atoms with Gasteiger partial charge in [-0.25, -0.2) is 4.79 Å². The fraction of sp³-hybridized carbons (Fsp3) is 0.464. The monoisotopic (exact) mass is 466 g/mol. The number of benzene rings is 2. The standard InChI is InChI=1S/C28H38O4Si/c1-6-31-26(30)25(29)28(5)20-14-13-15-22(28)21-32-33(27(2,3)4,23-16-9-7-10-17-23)24-18-11-8-12-19-24/h7-12,15-19,25,29H,6,13-14,20-21H2,1-5H3/t25-,28+/m0/s1. The van der Waals surface area contributed by atoms with Crippen LogP contribution in [-0.4, -0.2) is 38.7 Å². The van der Waals surface area contributed by atoms with Gasteiger partial charge in [-0.1, -0.05) is 94.4 Å². The third kappa shape index (κ3) is 5.01. The van der Waals surface area contributed by atoms with Crippen molar-refractivity contribution in [3.63, 3.8) is 0 Å². The predicted molar refractivity (Wildman–Crippen MR) is 136 cm³/mol. The summed E-state index contributed by atoms with van der Waals surface area (Å²) in [5.41, 5.74) is 0.290. The molecule has 0 spiro atoms. The molecule has 33 heavy (non-hydrogen) atoms. The number of ether oxygens (including phenoxy) is 1. The molecule has 3 rings (SSSR count). The van der Waals surface area contributed by atoms with Crippen LogP contribution in [-0.2, 0) is 14.0 Å². The van der Waals surface area contributed by atoms with Crippen LogP contribution in [0, 0.1) is 5.41 Å². The second-order valence-corrected chi connectivity index (χ2v) is 14.5. The van der Waals surface area contributed by atoms with E-state index in [1.54, 1.807) is 6.92 Å². The number of allylic oxidation sites excluding steroid dienone is 1. The van der Waals surface area contributed by atoms with Gasteiger partial charge in [-0.2, -0.15) is 0 Å². The summed E-state index contributed by atoms with van der Waals surface area (Å²) < 4.78 is 12.3. The number of hydrogen-bond donors (Lipinski definition) is 1. The number of esters is 1. The topological polar surface area (TPSA) is 55.8 Å². The van der Waals surface area contributed by atoms with Crippen molar-refractivity contribution in [3.05, 3.63) is 72.3 Å². The van der Waals surface area contributed by atoms with Gasteiger partial charge in [0.25, 0.3) is 8.32 Å². The second kappa shape index (κ2) is 10.4. The Bertz CT molecular complexity index is 909. The number of carbonyl (C=O) groups excluding carboxylic acids is 1. The largest absolute Gasteiger partial charge is 0.464 e. The lowest BCUT2D eigenvalue weighted by atomic mass is 9.70. The van der Waals surface area contributed by atoms with Gasteiger partial charge in [0.2, 0.25) is 0 Å². The molecule has 0 amide bonds. The van der Waals surface area contributed by atoms with Crippen molar-refractivity contribution in [2.24, 2.45) is 5.41 Å². The van der Waals surface area contributed by atoms with Crippen LogP contribution < -0.4 is 10.4 Å². The lowest BCUT2D eigenvalue weighted by molar-refractivity contribution is -0.159. The molecule has 1 aliphatic carbocycles. The quantitative estimate of drug-likeness (QED) is 0.351. The smallest absolute Gasteiger partial charge is 0.335 e. The van der Waals surface area contributed by atoms with Crippen molar-refractivity contribution in [3.8, 4) is 0 Å². The maximum atomic E-state index is 12.5. The van der Waals surface area contributed by atoms with Crippen LogP contribution in [0.1, 0.15) is 53.9 Å². The summed E-state index contributed by atoms with van der Waals surface area (Å²) >= 11 is 0. The Morgan fingerprint density at radius 1 is 1.06 bits per heavy atom. The van der Waals surface area contributed by atoms with Crippen LogP contribution >= 0.6 is 0 Å². The van der Waals surface area contributed by atoms with E-state index in [4.69, 9.17) is 9.16 Å². The zero-order chi connectivity index (χ0) is 24.1. The normalized spacial score (nSPS) is 20.1. The zero-order valence-corrected chi connectivity index (χ0v) is 21.6. The molecule has 0 radical (unpaired) electrons. The van der Waals surface area contributed by atoms with Crippen molar-refractivity contribution < 1.29 is 19.1 Å². The van der Waals surface area contributed by atoms with Crippen LogP contribution in [0.15, 0.2) is 72.3 Å². The highest BCUT2D eigenvalue weighted by Crippen LogP contribution is 2.43. The summed E-state index contributed by atoms with van der Waals surface area (Å²) in [4.78, 5) is 12.5. The summed E-state index contributed by atoms with van der Waals surface area (Å²) in [6.45, 7) is 11.1. The lowest BCUT2D eigenvalue weighted by Crippen LogP contribution is -2.67. The van der Waals surface area contributed by atoms with Gasteiger partial charge in [0.1, 0.15) is 0 Å². The molecule has 1 N–H and O–H groups in total. The summed E-state index contributed by atoms with van der Waals surface area (Å²) in [5.74, 6) is -0.557. The van der Waals surface area contributed by atoms with E-state index in [9.17, 15) is 9.90 Å². The highest BCUT2D eigenvalue weighted by molar-refractivity contribution is 6.99. The molecular weight excluding hydrogens is 428 g/mol. The summed E-state index contributed by atoms with van der Waals surface area (Å²) in [7, 11) is -2.71. The average molecular weight is 467 g/mol. The Hall–Kier alpha value is -2.21. The van der Waals surface area contributed by atoms with E-state index >= 15 is 0 Å². The van der Waals surface area contributed by atoms with Crippen molar-refractivity contribution in [2.75, 3.05) is 13.2 Å². The molecule has 0 fully saturated rings. The van der Waals surface area contributed by atoms with Crippen LogP contribution in [0.5, 0.6) is 0 Å². The van der Waals surface area contributed by atoms with Gasteiger partial charge in [-0.05, 0) is 47.2 Å². The van der Waals surface area contributed by atoms with Crippen molar-refractivity contribution >= 4 is 24.7 Å². The molecular formula is C28H38O4Si. The average Bonchev–Trinajstić information content (AvgIpc) is 2.80. The molecule has 2 aromatic carbocycles. The maximum absolute atomic E-state index is 12.5. The van der Waals surface area contributed by atoms with E-state index in [1.807, 2.05) is 19.1 Å². The second-order valence-electron chi connectivity index (χ2n) is 10.1. The number of aliphatic hydroxyl groups is 1. The van der Waals surface area contributed by atoms with Crippen LogP contribution in [0.3, 0.4) is 0 Å². The first-order valence-electron chi connectivity index (χ1n) is 12.0. The highest BCUT2D eigenvalue weighted by Gasteiger charge is 2.51. The molecule has 0 heterocycles. The number of hydrogen-bond acceptors (Lipinski definition) is 4. The maximum Gasteiger partial charge on any atom is 0.335 e. The molecule has 178 valence electrons. The van der Waals surface area contributed by atoms with Crippen molar-refractivity contribution in [1.82, 2.24) is 0 Å². The van der Waals surface area contributed by atoms with E-state index in [0.717, 1.165) is 24.8 Å². The molecule has 5 heteroatoms. The molecule has 0 aliphatic heterocycles. The SMILES string of the molecule is CCOC(=O)[C@H](O)[C@]1(C)CCCC=C1CO[Si](c1ccccc1)(c1ccccc1)C(C)(C)C. The summed E-state index contributed by atoms with van der Waals surface area (Å²) in [6, 6.07) is 21.1. The first-order chi connectivity index (χ1) is 15.7. The van der Waals surface area contributed by atoms with E-state index < -0.39 is 25.8 Å². The number of carbonyl (C=O) groups is 1. The fourth-order valence-corrected chi connectivity index (χ4v) is 9.63. The Labute approximate surface area is 199 Å². The number of aliphatic hydroxyl groups excluding tert-OH is 1. The molecule has 0 aromatic heterocycles. The zero-order valence-electron chi connectivity index (χ0n) is 20.6. The van der Waals surface area contributed by atoms with E-state index in [2.05, 4.69) is 75.4 Å². The van der Waals surface area contributed by atoms with Gasteiger partial charge in [0.05, 0.1) is 13.2 Å². The molecule has 0 saturated heterocycles. The Morgan fingerprint density at radius 2 is 1.61 bits per heavy atom. The fourth-order valence-electron chi connectivity index (χ4n) is 5.10. The highest BCUT2D eigenvalue weighted by atomic mass is 28.4. The van der Waals surface area contributed by atoms with Gasteiger partial charge in [0, 0.05) is 5.41 Å². The molecule has 0 unspecified atom stereocenters. The molecule has 2 atom stereocenters. The Balaban J connectivity index is 2.04.